The molecule has 0 unspecified atom stereocenters. The van der Waals surface area contributed by atoms with Crippen LogP contribution in [0.1, 0.15) is 5.01 Å². The van der Waals surface area contributed by atoms with Crippen molar-refractivity contribution in [1.29, 1.82) is 0 Å². The van der Waals surface area contributed by atoms with Gasteiger partial charge in [0.1, 0.15) is 10.5 Å². The Morgan fingerprint density at radius 3 is 2.69 bits per heavy atom. The molecule has 1 aromatic carbocycles. The number of hydrogen-bond acceptors (Lipinski definition) is 8. The topological polar surface area (TPSA) is 93.0 Å². The van der Waals surface area contributed by atoms with Crippen LogP contribution in [0.3, 0.4) is 0 Å². The monoisotopic (exact) mass is 446 g/mol. The lowest BCUT2D eigenvalue weighted by Crippen LogP contribution is -2.12. The number of aromatic nitrogens is 4. The van der Waals surface area contributed by atoms with Gasteiger partial charge in [-0.25, -0.2) is 18.1 Å². The Kier molecular flexibility index (Phi) is 5.11. The molecule has 0 saturated carbocycles. The highest BCUT2D eigenvalue weighted by molar-refractivity contribution is 7.94. The van der Waals surface area contributed by atoms with Crippen molar-refractivity contribution in [3.8, 4) is 16.3 Å². The quantitative estimate of drug-likeness (QED) is 0.486. The Bertz CT molecular complexity index is 1260. The second kappa shape index (κ2) is 7.58. The largest absolute Gasteiger partial charge is 0.346 e. The summed E-state index contributed by atoms with van der Waals surface area (Å²) in [5.74, 6) is 0.569. The number of hydrogen-bond donors (Lipinski definition) is 1. The van der Waals surface area contributed by atoms with Gasteiger partial charge in [0.15, 0.2) is 0 Å². The van der Waals surface area contributed by atoms with Crippen molar-refractivity contribution in [2.75, 3.05) is 23.7 Å². The molecule has 8 nitrogen and oxygen atoms in total. The standard InChI is InChI=1S/C18H18N6O2S3/c1-12-20-15(10-27-12)16-7-8-17(28-16)29(25,26)22-13-5-4-6-14(9-13)24-11-19-18(21-24)23(2)3/h4-11,22H,1-3H3. The van der Waals surface area contributed by atoms with Crippen LogP contribution in [0.25, 0.3) is 16.3 Å². The normalized spacial score (nSPS) is 11.6. The Morgan fingerprint density at radius 1 is 1.17 bits per heavy atom. The lowest BCUT2D eigenvalue weighted by molar-refractivity contribution is 0.603. The van der Waals surface area contributed by atoms with Gasteiger partial charge in [0.05, 0.1) is 27.0 Å². The van der Waals surface area contributed by atoms with E-state index in [0.717, 1.165) is 15.6 Å². The maximum absolute atomic E-state index is 12.8. The molecule has 0 saturated heterocycles. The Balaban J connectivity index is 1.57. The first kappa shape index (κ1) is 19.6. The third kappa shape index (κ3) is 4.16. The van der Waals surface area contributed by atoms with Gasteiger partial charge in [0, 0.05) is 19.5 Å². The maximum Gasteiger partial charge on any atom is 0.271 e. The molecule has 0 amide bonds. The number of sulfonamides is 1. The SMILES string of the molecule is Cc1nc(-c2ccc(S(=O)(=O)Nc3cccc(-n4cnc(N(C)C)n4)c3)s2)cs1. The Hall–Kier alpha value is -2.76. The van der Waals surface area contributed by atoms with Crippen LogP contribution < -0.4 is 9.62 Å². The molecular formula is C18H18N6O2S3. The third-order valence-electron chi connectivity index (χ3n) is 3.96. The predicted octanol–water partition coefficient (Wildman–Crippen LogP) is 3.63. The molecule has 150 valence electrons. The molecule has 0 radical (unpaired) electrons. The summed E-state index contributed by atoms with van der Waals surface area (Å²) in [5, 5.41) is 7.23. The molecule has 11 heteroatoms. The van der Waals surface area contributed by atoms with Crippen molar-refractivity contribution in [1.82, 2.24) is 19.7 Å². The van der Waals surface area contributed by atoms with Gasteiger partial charge in [-0.15, -0.1) is 27.8 Å². The molecule has 29 heavy (non-hydrogen) atoms. The number of thiazole rings is 1. The summed E-state index contributed by atoms with van der Waals surface area (Å²) >= 11 is 2.73. The van der Waals surface area contributed by atoms with Gasteiger partial charge in [0.2, 0.25) is 5.95 Å². The van der Waals surface area contributed by atoms with E-state index in [2.05, 4.69) is 19.8 Å². The highest BCUT2D eigenvalue weighted by atomic mass is 32.2. The fourth-order valence-electron chi connectivity index (χ4n) is 2.58. The van der Waals surface area contributed by atoms with Gasteiger partial charge in [-0.2, -0.15) is 4.98 Å². The molecular weight excluding hydrogens is 428 g/mol. The maximum atomic E-state index is 12.8. The van der Waals surface area contributed by atoms with E-state index in [1.807, 2.05) is 32.5 Å². The van der Waals surface area contributed by atoms with E-state index in [9.17, 15) is 8.42 Å². The number of thiophene rings is 1. The van der Waals surface area contributed by atoms with Crippen LogP contribution >= 0.6 is 22.7 Å². The van der Waals surface area contributed by atoms with Crippen molar-refractivity contribution >= 4 is 44.3 Å². The molecule has 0 bridgehead atoms. The molecule has 0 fully saturated rings. The van der Waals surface area contributed by atoms with Gasteiger partial charge in [-0.3, -0.25) is 4.72 Å². The van der Waals surface area contributed by atoms with Crippen LogP contribution in [-0.4, -0.2) is 42.3 Å². The van der Waals surface area contributed by atoms with E-state index in [4.69, 9.17) is 0 Å². The second-order valence-electron chi connectivity index (χ2n) is 6.41. The summed E-state index contributed by atoms with van der Waals surface area (Å²) in [6.45, 7) is 1.92. The number of nitrogens with zero attached hydrogens (tertiary/aromatic N) is 5. The number of rotatable bonds is 6. The zero-order valence-corrected chi connectivity index (χ0v) is 18.3. The molecule has 0 aliphatic rings. The number of benzene rings is 1. The van der Waals surface area contributed by atoms with Crippen LogP contribution in [0.15, 0.2) is 52.3 Å². The summed E-state index contributed by atoms with van der Waals surface area (Å²) < 4.78 is 30.1. The van der Waals surface area contributed by atoms with E-state index in [-0.39, 0.29) is 4.21 Å². The van der Waals surface area contributed by atoms with E-state index in [0.29, 0.717) is 17.3 Å². The van der Waals surface area contributed by atoms with E-state index < -0.39 is 10.0 Å². The zero-order valence-electron chi connectivity index (χ0n) is 15.9. The smallest absolute Gasteiger partial charge is 0.271 e. The summed E-state index contributed by atoms with van der Waals surface area (Å²) in [5.41, 5.74) is 1.95. The minimum absolute atomic E-state index is 0.235. The summed E-state index contributed by atoms with van der Waals surface area (Å²) in [7, 11) is -0.00302. The predicted molar refractivity (Wildman–Crippen MR) is 117 cm³/mol. The molecule has 3 aromatic heterocycles. The fraction of sp³-hybridized carbons (Fsp3) is 0.167. The molecule has 4 rings (SSSR count). The highest BCUT2D eigenvalue weighted by Gasteiger charge is 2.19. The van der Waals surface area contributed by atoms with Gasteiger partial charge >= 0.3 is 0 Å². The van der Waals surface area contributed by atoms with Gasteiger partial charge in [-0.1, -0.05) is 6.07 Å². The second-order valence-corrected chi connectivity index (χ2v) is 10.5. The van der Waals surface area contributed by atoms with Crippen molar-refractivity contribution in [2.24, 2.45) is 0 Å². The lowest BCUT2D eigenvalue weighted by Gasteiger charge is -2.08. The highest BCUT2D eigenvalue weighted by Crippen LogP contribution is 2.32. The molecule has 4 aromatic rings. The molecule has 3 heterocycles. The lowest BCUT2D eigenvalue weighted by atomic mass is 10.3. The van der Waals surface area contributed by atoms with Crippen molar-refractivity contribution in [2.45, 2.75) is 11.1 Å². The minimum atomic E-state index is -3.71. The number of nitrogens with one attached hydrogen (secondary N) is 1. The first-order valence-electron chi connectivity index (χ1n) is 8.56. The Labute approximate surface area is 176 Å². The third-order valence-corrected chi connectivity index (χ3v) is 7.71. The van der Waals surface area contributed by atoms with Crippen molar-refractivity contribution < 1.29 is 8.42 Å². The van der Waals surface area contributed by atoms with Gasteiger partial charge in [0.25, 0.3) is 10.0 Å². The van der Waals surface area contributed by atoms with Crippen LogP contribution in [0.5, 0.6) is 0 Å². The van der Waals surface area contributed by atoms with Crippen LogP contribution in [0.2, 0.25) is 0 Å². The summed E-state index contributed by atoms with van der Waals surface area (Å²) in [4.78, 5) is 11.2. The fourth-order valence-corrected chi connectivity index (χ4v) is 5.58. The summed E-state index contributed by atoms with van der Waals surface area (Å²) in [6.07, 6.45) is 1.59. The van der Waals surface area contributed by atoms with Gasteiger partial charge in [-0.05, 0) is 37.3 Å². The molecule has 0 atom stereocenters. The molecule has 1 N–H and O–H groups in total. The first-order chi connectivity index (χ1) is 13.8. The van der Waals surface area contributed by atoms with Gasteiger partial charge < -0.3 is 4.90 Å². The van der Waals surface area contributed by atoms with Crippen LogP contribution in [0, 0.1) is 6.92 Å². The average molecular weight is 447 g/mol. The average Bonchev–Trinajstić information content (AvgIpc) is 3.42. The van der Waals surface area contributed by atoms with Crippen LogP contribution in [0.4, 0.5) is 11.6 Å². The first-order valence-corrected chi connectivity index (χ1v) is 11.7. The minimum Gasteiger partial charge on any atom is -0.346 e. The molecule has 0 aliphatic carbocycles. The molecule has 0 aliphatic heterocycles. The number of aryl methyl sites for hydroxylation is 1. The summed E-state index contributed by atoms with van der Waals surface area (Å²) in [6, 6.07) is 10.4. The van der Waals surface area contributed by atoms with Crippen molar-refractivity contribution in [3.63, 3.8) is 0 Å². The van der Waals surface area contributed by atoms with E-state index in [1.54, 1.807) is 46.2 Å². The van der Waals surface area contributed by atoms with Crippen molar-refractivity contribution in [3.05, 3.63) is 53.1 Å². The van der Waals surface area contributed by atoms with Crippen LogP contribution in [-0.2, 0) is 10.0 Å². The zero-order chi connectivity index (χ0) is 20.6. The van der Waals surface area contributed by atoms with E-state index >= 15 is 0 Å². The van der Waals surface area contributed by atoms with E-state index in [1.165, 1.54) is 22.7 Å². The Morgan fingerprint density at radius 2 is 2.00 bits per heavy atom. The molecule has 0 spiro atoms. The number of anilines is 2.